The van der Waals surface area contributed by atoms with Crippen LogP contribution in [-0.4, -0.2) is 45.1 Å². The normalized spacial score (nSPS) is 39.4. The van der Waals surface area contributed by atoms with Crippen LogP contribution >= 0.6 is 0 Å². The summed E-state index contributed by atoms with van der Waals surface area (Å²) in [5.74, 6) is 4.26. The van der Waals surface area contributed by atoms with E-state index in [0.29, 0.717) is 40.6 Å². The number of allylic oxidation sites excluding steroid dienone is 1. The summed E-state index contributed by atoms with van der Waals surface area (Å²) >= 11 is 0. The second-order valence-corrected chi connectivity index (χ2v) is 24.6. The molecule has 0 aromatic carbocycles. The Hall–Kier alpha value is -0.203. The Balaban J connectivity index is 1.23. The zero-order chi connectivity index (χ0) is 33.2. The van der Waals surface area contributed by atoms with E-state index in [4.69, 9.17) is 13.9 Å². The topological polar surface area (TPSA) is 47.9 Å². The highest BCUT2D eigenvalue weighted by atomic mass is 28.4. The van der Waals surface area contributed by atoms with Crippen molar-refractivity contribution in [2.24, 2.45) is 57.7 Å². The molecule has 45 heavy (non-hydrogen) atoms. The average molecular weight is 645 g/mol. The molecule has 4 nitrogen and oxygen atoms in total. The van der Waals surface area contributed by atoms with Gasteiger partial charge in [0, 0.05) is 17.9 Å². The Morgan fingerprint density at radius 3 is 2.24 bits per heavy atom. The summed E-state index contributed by atoms with van der Waals surface area (Å²) < 4.78 is 19.2. The van der Waals surface area contributed by atoms with Crippen molar-refractivity contribution >= 4 is 8.32 Å². The number of ether oxygens (including phenoxy) is 2. The van der Waals surface area contributed by atoms with Crippen LogP contribution in [0.2, 0.25) is 18.1 Å². The SMILES string of the molecule is CC(C)C(CC1OCC(C)(C)CO1)CC(O)C(C)C1CCC2C3CC=C4CC(O[Si](C)(C)C(C)(C)C)CCC4(C)C3CCC12C. The lowest BCUT2D eigenvalue weighted by Gasteiger charge is -2.59. The summed E-state index contributed by atoms with van der Waals surface area (Å²) in [4.78, 5) is 0. The van der Waals surface area contributed by atoms with E-state index in [1.165, 1.54) is 44.9 Å². The Bertz CT molecular complexity index is 1050. The molecule has 1 N–H and O–H groups in total. The van der Waals surface area contributed by atoms with Gasteiger partial charge in [-0.25, -0.2) is 0 Å². The number of aliphatic hydroxyl groups excluding tert-OH is 1. The molecule has 0 amide bonds. The minimum absolute atomic E-state index is 0.0942. The van der Waals surface area contributed by atoms with Crippen molar-refractivity contribution in [3.63, 3.8) is 0 Å². The molecule has 0 spiro atoms. The molecule has 0 radical (unpaired) electrons. The standard InChI is InChI=1S/C40H72O4Si/c1-26(2)28(22-36-42-24-38(7,8)25-43-36)21-35(41)27(3)32-15-16-33-31-14-13-29-23-30(44-45(11,12)37(4,5)6)17-19-39(29,9)34(31)18-20-40(32,33)10/h13,26-28,30-36,41H,14-25H2,1-12H3. The predicted molar refractivity (Wildman–Crippen MR) is 189 cm³/mol. The van der Waals surface area contributed by atoms with E-state index in [2.05, 4.69) is 88.4 Å². The van der Waals surface area contributed by atoms with Crippen molar-refractivity contribution in [2.45, 2.75) is 170 Å². The van der Waals surface area contributed by atoms with Crippen molar-refractivity contribution in [3.8, 4) is 0 Å². The fraction of sp³-hybridized carbons (Fsp3) is 0.950. The van der Waals surface area contributed by atoms with Crippen LogP contribution in [-0.2, 0) is 13.9 Å². The number of hydrogen-bond donors (Lipinski definition) is 1. The van der Waals surface area contributed by atoms with Gasteiger partial charge in [0.1, 0.15) is 0 Å². The van der Waals surface area contributed by atoms with Gasteiger partial charge in [0.15, 0.2) is 14.6 Å². The maximum absolute atomic E-state index is 11.8. The average Bonchev–Trinajstić information content (AvgIpc) is 3.29. The zero-order valence-electron chi connectivity index (χ0n) is 31.5. The lowest BCUT2D eigenvalue weighted by molar-refractivity contribution is -0.230. The molecule has 0 bridgehead atoms. The van der Waals surface area contributed by atoms with Gasteiger partial charge in [-0.2, -0.15) is 0 Å². The maximum atomic E-state index is 11.8. The first kappa shape index (κ1) is 36.1. The van der Waals surface area contributed by atoms with Crippen LogP contribution in [0.15, 0.2) is 11.6 Å². The third-order valence-electron chi connectivity index (χ3n) is 14.9. The van der Waals surface area contributed by atoms with Gasteiger partial charge in [-0.05, 0) is 128 Å². The van der Waals surface area contributed by atoms with Gasteiger partial charge in [-0.15, -0.1) is 0 Å². The first-order chi connectivity index (χ1) is 20.8. The molecule has 10 atom stereocenters. The first-order valence-corrected chi connectivity index (χ1v) is 22.0. The van der Waals surface area contributed by atoms with Crippen LogP contribution in [0.4, 0.5) is 0 Å². The third-order valence-corrected chi connectivity index (χ3v) is 19.5. The van der Waals surface area contributed by atoms with E-state index in [1.54, 1.807) is 5.57 Å². The van der Waals surface area contributed by atoms with Crippen molar-refractivity contribution in [3.05, 3.63) is 11.6 Å². The van der Waals surface area contributed by atoms with Gasteiger partial charge in [-0.3, -0.25) is 0 Å². The lowest BCUT2D eigenvalue weighted by Crippen LogP contribution is -2.52. The number of rotatable bonds is 9. The van der Waals surface area contributed by atoms with Gasteiger partial charge < -0.3 is 19.0 Å². The summed E-state index contributed by atoms with van der Waals surface area (Å²) in [6.07, 6.45) is 14.7. The smallest absolute Gasteiger partial charge is 0.192 e. The van der Waals surface area contributed by atoms with E-state index < -0.39 is 8.32 Å². The van der Waals surface area contributed by atoms with Gasteiger partial charge >= 0.3 is 0 Å². The van der Waals surface area contributed by atoms with Crippen LogP contribution in [0.25, 0.3) is 0 Å². The largest absolute Gasteiger partial charge is 0.414 e. The fourth-order valence-electron chi connectivity index (χ4n) is 10.8. The monoisotopic (exact) mass is 645 g/mol. The summed E-state index contributed by atoms with van der Waals surface area (Å²) in [6.45, 7) is 30.1. The van der Waals surface area contributed by atoms with E-state index in [-0.39, 0.29) is 22.8 Å². The Labute approximate surface area is 279 Å². The van der Waals surface area contributed by atoms with Gasteiger partial charge in [0.25, 0.3) is 0 Å². The molecule has 1 aliphatic heterocycles. The van der Waals surface area contributed by atoms with E-state index in [1.807, 2.05) is 0 Å². The molecular weight excluding hydrogens is 573 g/mol. The third kappa shape index (κ3) is 7.10. The molecule has 0 aromatic heterocycles. The molecule has 10 unspecified atom stereocenters. The van der Waals surface area contributed by atoms with Crippen LogP contribution in [0.5, 0.6) is 0 Å². The summed E-state index contributed by atoms with van der Waals surface area (Å²) in [5, 5.41) is 12.1. The minimum Gasteiger partial charge on any atom is -0.414 e. The van der Waals surface area contributed by atoms with E-state index in [0.717, 1.165) is 50.2 Å². The predicted octanol–water partition coefficient (Wildman–Crippen LogP) is 10.4. The highest BCUT2D eigenvalue weighted by molar-refractivity contribution is 6.74. The number of fused-ring (bicyclic) bond motifs is 5. The fourth-order valence-corrected chi connectivity index (χ4v) is 12.2. The van der Waals surface area contributed by atoms with Gasteiger partial charge in [0.2, 0.25) is 0 Å². The molecule has 1 heterocycles. The quantitative estimate of drug-likeness (QED) is 0.200. The van der Waals surface area contributed by atoms with Crippen LogP contribution in [0.3, 0.4) is 0 Å². The molecule has 4 fully saturated rings. The first-order valence-electron chi connectivity index (χ1n) is 19.1. The van der Waals surface area contributed by atoms with Crippen molar-refractivity contribution in [1.29, 1.82) is 0 Å². The van der Waals surface area contributed by atoms with Gasteiger partial charge in [0.05, 0.1) is 19.3 Å². The van der Waals surface area contributed by atoms with Crippen LogP contribution < -0.4 is 0 Å². The Kier molecular flexibility index (Phi) is 10.4. The molecule has 3 saturated carbocycles. The number of hydrogen-bond acceptors (Lipinski definition) is 4. The van der Waals surface area contributed by atoms with Crippen molar-refractivity contribution in [2.75, 3.05) is 13.2 Å². The van der Waals surface area contributed by atoms with Crippen LogP contribution in [0, 0.1) is 57.7 Å². The minimum atomic E-state index is -1.76. The molecule has 1 saturated heterocycles. The molecule has 5 aliphatic rings. The molecule has 260 valence electrons. The van der Waals surface area contributed by atoms with Gasteiger partial charge in [-0.1, -0.05) is 80.9 Å². The summed E-state index contributed by atoms with van der Waals surface area (Å²) in [7, 11) is -1.76. The molecular formula is C40H72O4Si. The molecule has 5 heteroatoms. The molecule has 0 aromatic rings. The highest BCUT2D eigenvalue weighted by Gasteiger charge is 2.60. The second kappa shape index (κ2) is 12.9. The molecule has 4 aliphatic carbocycles. The molecule has 5 rings (SSSR count). The zero-order valence-corrected chi connectivity index (χ0v) is 32.5. The van der Waals surface area contributed by atoms with E-state index in [9.17, 15) is 5.11 Å². The Morgan fingerprint density at radius 2 is 1.62 bits per heavy atom. The number of aliphatic hydroxyl groups is 1. The second-order valence-electron chi connectivity index (χ2n) is 19.8. The van der Waals surface area contributed by atoms with Crippen LogP contribution in [0.1, 0.15) is 133 Å². The summed E-state index contributed by atoms with van der Waals surface area (Å²) in [5.41, 5.74) is 2.52. The van der Waals surface area contributed by atoms with Crippen molar-refractivity contribution in [1.82, 2.24) is 0 Å². The van der Waals surface area contributed by atoms with E-state index >= 15 is 0 Å². The summed E-state index contributed by atoms with van der Waals surface area (Å²) in [6, 6.07) is 0. The maximum Gasteiger partial charge on any atom is 0.192 e. The lowest BCUT2D eigenvalue weighted by atomic mass is 9.47. The Morgan fingerprint density at radius 1 is 0.956 bits per heavy atom. The highest BCUT2D eigenvalue weighted by Crippen LogP contribution is 2.67. The van der Waals surface area contributed by atoms with Crippen molar-refractivity contribution < 1.29 is 19.0 Å².